The van der Waals surface area contributed by atoms with Gasteiger partial charge in [-0.25, -0.2) is 9.78 Å². The van der Waals surface area contributed by atoms with E-state index in [1.54, 1.807) is 13.8 Å². The molecule has 1 aliphatic rings. The smallest absolute Gasteiger partial charge is 0.347 e. The van der Waals surface area contributed by atoms with Crippen molar-refractivity contribution >= 4 is 17.1 Å². The summed E-state index contributed by atoms with van der Waals surface area (Å²) in [6, 6.07) is 15.5. The van der Waals surface area contributed by atoms with Gasteiger partial charge in [0.25, 0.3) is 0 Å². The lowest BCUT2D eigenvalue weighted by Crippen LogP contribution is -2.37. The fourth-order valence-electron chi connectivity index (χ4n) is 4.19. The van der Waals surface area contributed by atoms with Crippen LogP contribution >= 0.6 is 0 Å². The van der Waals surface area contributed by atoms with Gasteiger partial charge in [0, 0.05) is 6.54 Å². The third kappa shape index (κ3) is 5.07. The second-order valence-electron chi connectivity index (χ2n) is 8.84. The number of aromatic nitrogens is 1. The number of para-hydroxylation sites is 2. The van der Waals surface area contributed by atoms with Crippen LogP contribution in [0.5, 0.6) is 5.75 Å². The number of ether oxygens (including phenoxy) is 1. The number of nitrogens with one attached hydrogen (secondary N) is 1. The minimum Gasteiger partial charge on any atom is -0.478 e. The lowest BCUT2D eigenvalue weighted by molar-refractivity contribution is -0.152. The standard InChI is InChI=1S/C25H30N2O4/c1-25(2,24(28)29)31-19-14-12-17(13-15-19)16-26-22(18-8-4-3-5-9-18)23-27-20-10-6-7-11-21(20)30-23/h6-7,10-15,18,22,26H,3-5,8-9,16H2,1-2H3,(H,28,29). The van der Waals surface area contributed by atoms with Crippen LogP contribution in [0.3, 0.4) is 0 Å². The Morgan fingerprint density at radius 1 is 1.16 bits per heavy atom. The minimum absolute atomic E-state index is 0.0644. The van der Waals surface area contributed by atoms with Crippen LogP contribution in [-0.2, 0) is 11.3 Å². The number of benzene rings is 2. The van der Waals surface area contributed by atoms with Crippen molar-refractivity contribution in [2.24, 2.45) is 5.92 Å². The third-order valence-electron chi connectivity index (χ3n) is 6.04. The zero-order chi connectivity index (χ0) is 21.8. The predicted molar refractivity (Wildman–Crippen MR) is 119 cm³/mol. The zero-order valence-corrected chi connectivity index (χ0v) is 18.1. The van der Waals surface area contributed by atoms with Crippen molar-refractivity contribution in [1.82, 2.24) is 10.3 Å². The molecule has 1 fully saturated rings. The largest absolute Gasteiger partial charge is 0.478 e. The quantitative estimate of drug-likeness (QED) is 0.500. The number of aliphatic carboxylic acids is 1. The average Bonchev–Trinajstić information content (AvgIpc) is 3.19. The zero-order valence-electron chi connectivity index (χ0n) is 18.1. The van der Waals surface area contributed by atoms with Gasteiger partial charge in [0.1, 0.15) is 11.3 Å². The van der Waals surface area contributed by atoms with E-state index >= 15 is 0 Å². The number of carboxylic acid groups (broad SMARTS) is 1. The summed E-state index contributed by atoms with van der Waals surface area (Å²) >= 11 is 0. The summed E-state index contributed by atoms with van der Waals surface area (Å²) in [5, 5.41) is 12.9. The fourth-order valence-corrected chi connectivity index (χ4v) is 4.19. The molecule has 4 rings (SSSR count). The molecule has 0 spiro atoms. The van der Waals surface area contributed by atoms with Crippen LogP contribution < -0.4 is 10.1 Å². The molecule has 6 nitrogen and oxygen atoms in total. The Hall–Kier alpha value is -2.86. The Balaban J connectivity index is 1.48. The highest BCUT2D eigenvalue weighted by Gasteiger charge is 2.30. The Kier molecular flexibility index (Phi) is 6.28. The number of rotatable bonds is 8. The number of carbonyl (C=O) groups is 1. The van der Waals surface area contributed by atoms with E-state index in [4.69, 9.17) is 14.1 Å². The Morgan fingerprint density at radius 3 is 2.55 bits per heavy atom. The summed E-state index contributed by atoms with van der Waals surface area (Å²) in [4.78, 5) is 16.0. The van der Waals surface area contributed by atoms with Crippen LogP contribution in [0, 0.1) is 5.92 Å². The summed E-state index contributed by atoms with van der Waals surface area (Å²) in [6.07, 6.45) is 6.13. The van der Waals surface area contributed by atoms with Gasteiger partial charge in [0.05, 0.1) is 6.04 Å². The molecular formula is C25H30N2O4. The Bertz CT molecular complexity index is 986. The molecule has 0 radical (unpaired) electrons. The van der Waals surface area contributed by atoms with Crippen LogP contribution in [-0.4, -0.2) is 21.7 Å². The van der Waals surface area contributed by atoms with Gasteiger partial charge in [-0.3, -0.25) is 0 Å². The first-order chi connectivity index (χ1) is 14.9. The van der Waals surface area contributed by atoms with E-state index in [0.717, 1.165) is 22.6 Å². The minimum atomic E-state index is -1.27. The van der Waals surface area contributed by atoms with Crippen LogP contribution in [0.15, 0.2) is 52.9 Å². The second-order valence-corrected chi connectivity index (χ2v) is 8.84. The molecule has 1 unspecified atom stereocenters. The molecule has 3 aromatic rings. The van der Waals surface area contributed by atoms with Crippen molar-refractivity contribution in [3.8, 4) is 5.75 Å². The maximum atomic E-state index is 11.3. The molecule has 2 N–H and O–H groups in total. The highest BCUT2D eigenvalue weighted by Crippen LogP contribution is 2.35. The molecular weight excluding hydrogens is 392 g/mol. The van der Waals surface area contributed by atoms with Crippen LogP contribution in [0.1, 0.15) is 63.4 Å². The van der Waals surface area contributed by atoms with E-state index in [0.29, 0.717) is 18.2 Å². The summed E-state index contributed by atoms with van der Waals surface area (Å²) in [5.74, 6) is 0.808. The Labute approximate surface area is 182 Å². The van der Waals surface area contributed by atoms with E-state index in [2.05, 4.69) is 5.32 Å². The normalized spacial score (nSPS) is 16.3. The molecule has 1 saturated carbocycles. The predicted octanol–water partition coefficient (Wildman–Crippen LogP) is 5.48. The van der Waals surface area contributed by atoms with Gasteiger partial charge in [-0.1, -0.05) is 43.5 Å². The first kappa shape index (κ1) is 21.4. The molecule has 0 aliphatic heterocycles. The van der Waals surface area contributed by atoms with Crippen LogP contribution in [0.4, 0.5) is 0 Å². The maximum absolute atomic E-state index is 11.3. The van der Waals surface area contributed by atoms with Gasteiger partial charge < -0.3 is 19.6 Å². The number of hydrogen-bond donors (Lipinski definition) is 2. The van der Waals surface area contributed by atoms with Gasteiger partial charge in [0.15, 0.2) is 11.2 Å². The molecule has 2 aromatic carbocycles. The van der Waals surface area contributed by atoms with E-state index in [9.17, 15) is 9.90 Å². The van der Waals surface area contributed by atoms with Crippen molar-refractivity contribution in [2.45, 2.75) is 64.1 Å². The monoisotopic (exact) mass is 422 g/mol. The van der Waals surface area contributed by atoms with Crippen LogP contribution in [0.2, 0.25) is 0 Å². The molecule has 0 bridgehead atoms. The Morgan fingerprint density at radius 2 is 1.87 bits per heavy atom. The number of nitrogens with zero attached hydrogens (tertiary/aromatic N) is 1. The molecule has 0 saturated heterocycles. The first-order valence-corrected chi connectivity index (χ1v) is 11.0. The number of oxazole rings is 1. The van der Waals surface area contributed by atoms with Crippen molar-refractivity contribution < 1.29 is 19.1 Å². The number of hydrogen-bond acceptors (Lipinski definition) is 5. The van der Waals surface area contributed by atoms with Crippen molar-refractivity contribution in [3.05, 3.63) is 60.0 Å². The molecule has 31 heavy (non-hydrogen) atoms. The lowest BCUT2D eigenvalue weighted by atomic mass is 9.83. The molecule has 1 atom stereocenters. The highest BCUT2D eigenvalue weighted by atomic mass is 16.5. The molecule has 1 aromatic heterocycles. The molecule has 0 amide bonds. The van der Waals surface area contributed by atoms with E-state index < -0.39 is 11.6 Å². The molecule has 1 aliphatic carbocycles. The number of fused-ring (bicyclic) bond motifs is 1. The van der Waals surface area contributed by atoms with Crippen LogP contribution in [0.25, 0.3) is 11.1 Å². The SMILES string of the molecule is CC(C)(Oc1ccc(CNC(c2nc3ccccc3o2)C2CCCCC2)cc1)C(=O)O. The van der Waals surface area contributed by atoms with Gasteiger partial charge in [-0.05, 0) is 62.4 Å². The fraction of sp³-hybridized carbons (Fsp3) is 0.440. The average molecular weight is 423 g/mol. The second kappa shape index (κ2) is 9.10. The first-order valence-electron chi connectivity index (χ1n) is 11.0. The van der Waals surface area contributed by atoms with E-state index in [-0.39, 0.29) is 6.04 Å². The van der Waals surface area contributed by atoms with Gasteiger partial charge >= 0.3 is 5.97 Å². The summed E-state index contributed by atoms with van der Waals surface area (Å²) < 4.78 is 11.7. The number of carboxylic acids is 1. The van der Waals surface area contributed by atoms with Gasteiger partial charge in [-0.2, -0.15) is 0 Å². The molecule has 1 heterocycles. The topological polar surface area (TPSA) is 84.6 Å². The van der Waals surface area contributed by atoms with Gasteiger partial charge in [-0.15, -0.1) is 0 Å². The summed E-state index contributed by atoms with van der Waals surface area (Å²) in [5.41, 5.74) is 1.54. The van der Waals surface area contributed by atoms with Crippen molar-refractivity contribution in [1.29, 1.82) is 0 Å². The van der Waals surface area contributed by atoms with Gasteiger partial charge in [0.2, 0.25) is 5.89 Å². The van der Waals surface area contributed by atoms with Crippen molar-refractivity contribution in [3.63, 3.8) is 0 Å². The summed E-state index contributed by atoms with van der Waals surface area (Å²) in [7, 11) is 0. The lowest BCUT2D eigenvalue weighted by Gasteiger charge is -2.29. The van der Waals surface area contributed by atoms with E-state index in [1.165, 1.54) is 32.1 Å². The highest BCUT2D eigenvalue weighted by molar-refractivity contribution is 5.76. The third-order valence-corrected chi connectivity index (χ3v) is 6.04. The molecule has 164 valence electrons. The maximum Gasteiger partial charge on any atom is 0.347 e. The van der Waals surface area contributed by atoms with Crippen molar-refractivity contribution in [2.75, 3.05) is 0 Å². The van der Waals surface area contributed by atoms with E-state index in [1.807, 2.05) is 48.5 Å². The molecule has 6 heteroatoms. The summed E-state index contributed by atoms with van der Waals surface area (Å²) in [6.45, 7) is 3.75.